The summed E-state index contributed by atoms with van der Waals surface area (Å²) in [6, 6.07) is 7.12. The number of hydrogen-bond acceptors (Lipinski definition) is 3. The van der Waals surface area contributed by atoms with Crippen LogP contribution in [0.1, 0.15) is 51.0 Å². The van der Waals surface area contributed by atoms with Gasteiger partial charge in [0.15, 0.2) is 0 Å². The van der Waals surface area contributed by atoms with Crippen molar-refractivity contribution in [3.8, 4) is 0 Å². The number of carbonyl (C=O) groups is 2. The molecule has 5 heteroatoms. The smallest absolute Gasteiger partial charge is 0.242 e. The molecule has 1 fully saturated rings. The number of benzene rings is 1. The van der Waals surface area contributed by atoms with E-state index < -0.39 is 6.04 Å². The minimum atomic E-state index is -0.493. The molecule has 0 bridgehead atoms. The van der Waals surface area contributed by atoms with Crippen molar-refractivity contribution in [3.05, 3.63) is 29.8 Å². The zero-order chi connectivity index (χ0) is 17.4. The van der Waals surface area contributed by atoms with Crippen molar-refractivity contribution in [2.75, 3.05) is 12.3 Å². The van der Waals surface area contributed by atoms with Gasteiger partial charge in [-0.2, -0.15) is 0 Å². The molecule has 0 heterocycles. The second-order valence-corrected chi connectivity index (χ2v) is 6.78. The highest BCUT2D eigenvalue weighted by Crippen LogP contribution is 2.26. The summed E-state index contributed by atoms with van der Waals surface area (Å²) >= 11 is 0. The highest BCUT2D eigenvalue weighted by Gasteiger charge is 2.20. The lowest BCUT2D eigenvalue weighted by Gasteiger charge is -2.22. The number of rotatable bonds is 7. The quantitative estimate of drug-likeness (QED) is 0.671. The van der Waals surface area contributed by atoms with E-state index in [0.29, 0.717) is 18.9 Å². The highest BCUT2D eigenvalue weighted by molar-refractivity contribution is 5.87. The Balaban J connectivity index is 1.65. The molecule has 24 heavy (non-hydrogen) atoms. The molecular weight excluding hydrogens is 302 g/mol. The van der Waals surface area contributed by atoms with Crippen molar-refractivity contribution in [1.29, 1.82) is 0 Å². The first-order valence-corrected chi connectivity index (χ1v) is 8.96. The molecule has 132 valence electrons. The molecule has 2 amide bonds. The third-order valence-corrected chi connectivity index (χ3v) is 4.66. The number of carbonyl (C=O) groups excluding carboxylic acids is 2. The van der Waals surface area contributed by atoms with Gasteiger partial charge in [-0.05, 0) is 49.8 Å². The number of amides is 2. The first-order valence-electron chi connectivity index (χ1n) is 8.96. The topological polar surface area (TPSA) is 84.2 Å². The number of nitrogens with one attached hydrogen (secondary N) is 2. The molecule has 1 aliphatic carbocycles. The Hall–Kier alpha value is -2.04. The fraction of sp³-hybridized carbons (Fsp3) is 0.579. The van der Waals surface area contributed by atoms with Gasteiger partial charge in [-0.1, -0.05) is 31.4 Å². The van der Waals surface area contributed by atoms with Crippen LogP contribution in [0.4, 0.5) is 5.69 Å². The molecule has 2 rings (SSSR count). The summed E-state index contributed by atoms with van der Waals surface area (Å²) in [6.45, 7) is 2.28. The number of nitrogen functional groups attached to an aromatic ring is 1. The van der Waals surface area contributed by atoms with Crippen molar-refractivity contribution in [3.63, 3.8) is 0 Å². The van der Waals surface area contributed by atoms with Crippen LogP contribution in [0.3, 0.4) is 0 Å². The van der Waals surface area contributed by atoms with Crippen LogP contribution in [0.5, 0.6) is 0 Å². The maximum absolute atomic E-state index is 12.1. The van der Waals surface area contributed by atoms with Gasteiger partial charge in [-0.25, -0.2) is 0 Å². The Morgan fingerprint density at radius 2 is 1.83 bits per heavy atom. The predicted molar refractivity (Wildman–Crippen MR) is 96.4 cm³/mol. The molecule has 1 saturated carbocycles. The Kier molecular flexibility index (Phi) is 7.09. The summed E-state index contributed by atoms with van der Waals surface area (Å²) in [5.74, 6) is 0.338. The van der Waals surface area contributed by atoms with Crippen LogP contribution in [0.25, 0.3) is 0 Å². The van der Waals surface area contributed by atoms with E-state index in [1.165, 1.54) is 19.3 Å². The molecule has 1 aromatic rings. The second kappa shape index (κ2) is 9.30. The first kappa shape index (κ1) is 18.3. The molecule has 5 nitrogen and oxygen atoms in total. The Morgan fingerprint density at radius 3 is 2.50 bits per heavy atom. The molecule has 1 aromatic carbocycles. The summed E-state index contributed by atoms with van der Waals surface area (Å²) < 4.78 is 0. The van der Waals surface area contributed by atoms with Gasteiger partial charge in [0.1, 0.15) is 6.04 Å². The Bertz CT molecular complexity index is 536. The van der Waals surface area contributed by atoms with Crippen molar-refractivity contribution >= 4 is 17.5 Å². The molecule has 4 N–H and O–H groups in total. The molecule has 1 atom stereocenters. The van der Waals surface area contributed by atoms with E-state index in [-0.39, 0.29) is 11.8 Å². The summed E-state index contributed by atoms with van der Waals surface area (Å²) in [5, 5.41) is 5.69. The van der Waals surface area contributed by atoms with Gasteiger partial charge in [-0.15, -0.1) is 0 Å². The molecule has 0 aromatic heterocycles. The van der Waals surface area contributed by atoms with Gasteiger partial charge < -0.3 is 16.4 Å². The van der Waals surface area contributed by atoms with Gasteiger partial charge in [0, 0.05) is 18.7 Å². The minimum absolute atomic E-state index is 0.0110. The van der Waals surface area contributed by atoms with E-state index in [4.69, 9.17) is 5.73 Å². The maximum Gasteiger partial charge on any atom is 0.242 e. The van der Waals surface area contributed by atoms with E-state index in [9.17, 15) is 9.59 Å². The second-order valence-electron chi connectivity index (χ2n) is 6.78. The van der Waals surface area contributed by atoms with Gasteiger partial charge in [-0.3, -0.25) is 9.59 Å². The van der Waals surface area contributed by atoms with Crippen molar-refractivity contribution < 1.29 is 9.59 Å². The summed E-state index contributed by atoms with van der Waals surface area (Å²) in [4.78, 5) is 24.1. The van der Waals surface area contributed by atoms with Crippen LogP contribution in [0.2, 0.25) is 0 Å². The third kappa shape index (κ3) is 6.22. The van der Waals surface area contributed by atoms with Crippen LogP contribution in [-0.4, -0.2) is 24.4 Å². The van der Waals surface area contributed by atoms with E-state index in [2.05, 4.69) is 10.6 Å². The Labute approximate surface area is 144 Å². The van der Waals surface area contributed by atoms with Crippen LogP contribution in [0, 0.1) is 5.92 Å². The SMILES string of the molecule is CC(NC(=O)CC1CCCCC1)C(=O)NCCc1ccc(N)cc1. The number of nitrogens with two attached hydrogens (primary N) is 1. The van der Waals surface area contributed by atoms with Crippen molar-refractivity contribution in [2.45, 2.75) is 57.9 Å². The molecule has 0 radical (unpaired) electrons. The van der Waals surface area contributed by atoms with Gasteiger partial charge in [0.05, 0.1) is 0 Å². The monoisotopic (exact) mass is 331 g/mol. The molecule has 0 aliphatic heterocycles. The zero-order valence-corrected chi connectivity index (χ0v) is 14.5. The average Bonchev–Trinajstić information content (AvgIpc) is 2.57. The Morgan fingerprint density at radius 1 is 1.17 bits per heavy atom. The van der Waals surface area contributed by atoms with Crippen LogP contribution in [0.15, 0.2) is 24.3 Å². The third-order valence-electron chi connectivity index (χ3n) is 4.66. The molecule has 1 aliphatic rings. The fourth-order valence-electron chi connectivity index (χ4n) is 3.19. The van der Waals surface area contributed by atoms with Crippen molar-refractivity contribution in [1.82, 2.24) is 10.6 Å². The number of hydrogen-bond donors (Lipinski definition) is 3. The summed E-state index contributed by atoms with van der Waals surface area (Å²) in [6.07, 6.45) is 7.28. The molecule has 0 spiro atoms. The van der Waals surface area contributed by atoms with Gasteiger partial charge in [0.25, 0.3) is 0 Å². The normalized spacial score (nSPS) is 16.4. The lowest BCUT2D eigenvalue weighted by atomic mass is 9.87. The number of anilines is 1. The van der Waals surface area contributed by atoms with Crippen LogP contribution < -0.4 is 16.4 Å². The van der Waals surface area contributed by atoms with E-state index in [1.807, 2.05) is 24.3 Å². The van der Waals surface area contributed by atoms with Crippen LogP contribution in [-0.2, 0) is 16.0 Å². The lowest BCUT2D eigenvalue weighted by Crippen LogP contribution is -2.45. The molecule has 1 unspecified atom stereocenters. The van der Waals surface area contributed by atoms with Crippen LogP contribution >= 0.6 is 0 Å². The van der Waals surface area contributed by atoms with Gasteiger partial charge in [0.2, 0.25) is 11.8 Å². The average molecular weight is 331 g/mol. The highest BCUT2D eigenvalue weighted by atomic mass is 16.2. The van der Waals surface area contributed by atoms with E-state index in [0.717, 1.165) is 30.5 Å². The maximum atomic E-state index is 12.1. The van der Waals surface area contributed by atoms with Crippen molar-refractivity contribution in [2.24, 2.45) is 5.92 Å². The molecule has 0 saturated heterocycles. The predicted octanol–water partition coefficient (Wildman–Crippen LogP) is 2.40. The lowest BCUT2D eigenvalue weighted by molar-refractivity contribution is -0.129. The minimum Gasteiger partial charge on any atom is -0.399 e. The largest absolute Gasteiger partial charge is 0.399 e. The first-order chi connectivity index (χ1) is 11.5. The zero-order valence-electron chi connectivity index (χ0n) is 14.5. The van der Waals surface area contributed by atoms with Gasteiger partial charge >= 0.3 is 0 Å². The standard InChI is InChI=1S/C19H29N3O2/c1-14(22-18(23)13-16-5-3-2-4-6-16)19(24)21-12-11-15-7-9-17(20)10-8-15/h7-10,14,16H,2-6,11-13,20H2,1H3,(H,21,24)(H,22,23). The fourth-order valence-corrected chi connectivity index (χ4v) is 3.19. The van der Waals surface area contributed by atoms with E-state index in [1.54, 1.807) is 6.92 Å². The summed E-state index contributed by atoms with van der Waals surface area (Å²) in [5.41, 5.74) is 7.50. The molecular formula is C19H29N3O2. The van der Waals surface area contributed by atoms with E-state index >= 15 is 0 Å². The summed E-state index contributed by atoms with van der Waals surface area (Å²) in [7, 11) is 0.